The summed E-state index contributed by atoms with van der Waals surface area (Å²) in [4.78, 5) is 144. The summed E-state index contributed by atoms with van der Waals surface area (Å²) < 4.78 is 0. The van der Waals surface area contributed by atoms with E-state index in [-0.39, 0.29) is 50.5 Å². The largest absolute Gasteiger partial charge is 0.480 e. The van der Waals surface area contributed by atoms with Crippen LogP contribution >= 0.6 is 11.8 Å². The third-order valence-corrected chi connectivity index (χ3v) is 11.6. The molecule has 0 spiro atoms. The maximum atomic E-state index is 14.1. The molecule has 0 unspecified atom stereocenters. The van der Waals surface area contributed by atoms with Crippen LogP contribution in [0.1, 0.15) is 106 Å². The lowest BCUT2D eigenvalue weighted by Crippen LogP contribution is -2.62. The second-order valence-corrected chi connectivity index (χ2v) is 19.1. The van der Waals surface area contributed by atoms with Crippen LogP contribution in [0.3, 0.4) is 0 Å². The van der Waals surface area contributed by atoms with E-state index in [1.165, 1.54) is 32.5 Å². The van der Waals surface area contributed by atoms with Gasteiger partial charge < -0.3 is 74.6 Å². The van der Waals surface area contributed by atoms with Crippen molar-refractivity contribution < 1.29 is 68.1 Å². The van der Waals surface area contributed by atoms with Gasteiger partial charge in [0.25, 0.3) is 0 Å². The summed E-state index contributed by atoms with van der Waals surface area (Å²) in [6, 6.07) is -12.4. The first kappa shape index (κ1) is 61.4. The molecule has 0 bridgehead atoms. The highest BCUT2D eigenvalue weighted by atomic mass is 32.2. The van der Waals surface area contributed by atoms with E-state index in [1.54, 1.807) is 27.7 Å². The molecule has 0 radical (unpaired) electrons. The van der Waals surface area contributed by atoms with Gasteiger partial charge in [0.05, 0.1) is 18.2 Å². The molecule has 26 heteroatoms. The zero-order valence-corrected chi connectivity index (χ0v) is 41.5. The second-order valence-electron chi connectivity index (χ2n) is 18.1. The van der Waals surface area contributed by atoms with Gasteiger partial charge in [0.2, 0.25) is 59.1 Å². The molecule has 0 aliphatic carbocycles. The highest BCUT2D eigenvalue weighted by molar-refractivity contribution is 7.98. The van der Waals surface area contributed by atoms with Gasteiger partial charge in [-0.2, -0.15) is 11.8 Å². The molecule has 1 saturated heterocycles. The molecule has 0 aromatic carbocycles. The number of nitrogens with one attached hydrogen (secondary N) is 7. The van der Waals surface area contributed by atoms with E-state index in [9.17, 15) is 68.1 Å². The predicted molar refractivity (Wildman–Crippen MR) is 252 cm³/mol. The van der Waals surface area contributed by atoms with Crippen molar-refractivity contribution in [2.45, 2.75) is 173 Å². The van der Waals surface area contributed by atoms with E-state index in [2.05, 4.69) is 37.2 Å². The first-order valence-corrected chi connectivity index (χ1v) is 24.3. The van der Waals surface area contributed by atoms with Crippen molar-refractivity contribution in [2.75, 3.05) is 18.6 Å². The highest BCUT2D eigenvalue weighted by Crippen LogP contribution is 2.21. The van der Waals surface area contributed by atoms with E-state index in [4.69, 9.17) is 17.2 Å². The van der Waals surface area contributed by atoms with Gasteiger partial charge in [-0.15, -0.1) is 0 Å². The molecule has 10 amide bonds. The maximum absolute atomic E-state index is 14.1. The molecule has 69 heavy (non-hydrogen) atoms. The third-order valence-electron chi connectivity index (χ3n) is 11.0. The summed E-state index contributed by atoms with van der Waals surface area (Å²) in [7, 11) is 0. The number of hydrogen-bond acceptors (Lipinski definition) is 15. The smallest absolute Gasteiger partial charge is 0.328 e. The number of carbonyl (C=O) groups excluding carboxylic acids is 10. The van der Waals surface area contributed by atoms with E-state index in [1.807, 2.05) is 6.26 Å². The Kier molecular flexibility index (Phi) is 26.8. The van der Waals surface area contributed by atoms with Crippen LogP contribution in [-0.2, 0) is 52.7 Å². The molecule has 11 atom stereocenters. The Balaban J connectivity index is 3.31. The molecule has 0 aromatic heterocycles. The van der Waals surface area contributed by atoms with E-state index < -0.39 is 144 Å². The number of rotatable bonds is 31. The Hall–Kier alpha value is -5.60. The molecule has 1 aliphatic rings. The van der Waals surface area contributed by atoms with Gasteiger partial charge in [-0.1, -0.05) is 27.7 Å². The highest BCUT2D eigenvalue weighted by Gasteiger charge is 2.42. The van der Waals surface area contributed by atoms with Crippen molar-refractivity contribution in [1.29, 1.82) is 0 Å². The van der Waals surface area contributed by atoms with Crippen LogP contribution in [0.25, 0.3) is 0 Å². The first-order chi connectivity index (χ1) is 32.1. The van der Waals surface area contributed by atoms with E-state index in [0.29, 0.717) is 18.6 Å². The van der Waals surface area contributed by atoms with Crippen LogP contribution in [0.15, 0.2) is 0 Å². The van der Waals surface area contributed by atoms with E-state index >= 15 is 0 Å². The molecule has 1 aliphatic heterocycles. The van der Waals surface area contributed by atoms with Crippen LogP contribution in [0.2, 0.25) is 0 Å². The zero-order valence-electron chi connectivity index (χ0n) is 40.7. The average molecular weight is 1000 g/mol. The summed E-state index contributed by atoms with van der Waals surface area (Å²) >= 11 is 1.46. The molecule has 1 heterocycles. The van der Waals surface area contributed by atoms with Crippen LogP contribution in [0, 0.1) is 11.8 Å². The molecule has 1 fully saturated rings. The second kappa shape index (κ2) is 30.1. The summed E-state index contributed by atoms with van der Waals surface area (Å²) in [6.45, 7) is 10.6. The fourth-order valence-corrected chi connectivity index (χ4v) is 7.64. The van der Waals surface area contributed by atoms with Crippen LogP contribution in [0.4, 0.5) is 0 Å². The summed E-state index contributed by atoms with van der Waals surface area (Å²) in [5.41, 5.74) is 16.6. The molecule has 0 saturated carbocycles. The Morgan fingerprint density at radius 1 is 0.594 bits per heavy atom. The minimum absolute atomic E-state index is 0.00120. The maximum Gasteiger partial charge on any atom is 0.328 e. The molecule has 392 valence electrons. The minimum atomic E-state index is -1.71. The quantitative estimate of drug-likeness (QED) is 0.0314. The Labute approximate surface area is 406 Å². The normalized spacial score (nSPS) is 17.9. The summed E-state index contributed by atoms with van der Waals surface area (Å²) in [5.74, 6) is -9.85. The Bertz CT molecular complexity index is 1820. The Morgan fingerprint density at radius 3 is 1.49 bits per heavy atom. The third kappa shape index (κ3) is 21.7. The fourth-order valence-electron chi connectivity index (χ4n) is 7.15. The number of carboxylic acids is 1. The minimum Gasteiger partial charge on any atom is -0.480 e. The fraction of sp³-hybridized carbons (Fsp3) is 0.744. The number of aliphatic carboxylic acids is 1. The van der Waals surface area contributed by atoms with Crippen LogP contribution < -0.4 is 54.4 Å². The van der Waals surface area contributed by atoms with Gasteiger partial charge >= 0.3 is 5.97 Å². The van der Waals surface area contributed by atoms with Gasteiger partial charge in [-0.05, 0) is 89.6 Å². The zero-order chi connectivity index (χ0) is 52.9. The molecule has 0 aromatic rings. The summed E-state index contributed by atoms with van der Waals surface area (Å²) in [6.07, 6.45) is -1.77. The van der Waals surface area contributed by atoms with Crippen molar-refractivity contribution in [2.24, 2.45) is 29.0 Å². The molecular formula is C43H75N11O14S. The monoisotopic (exact) mass is 1000 g/mol. The number of primary amides is 2. The van der Waals surface area contributed by atoms with E-state index in [0.717, 1.165) is 4.90 Å². The lowest BCUT2D eigenvalue weighted by molar-refractivity contribution is -0.146. The van der Waals surface area contributed by atoms with Crippen molar-refractivity contribution in [3.05, 3.63) is 0 Å². The lowest BCUT2D eigenvalue weighted by Gasteiger charge is -2.32. The van der Waals surface area contributed by atoms with Crippen molar-refractivity contribution >= 4 is 76.8 Å². The van der Waals surface area contributed by atoms with Gasteiger partial charge in [0.15, 0.2) is 6.04 Å². The number of likely N-dealkylation sites (tertiary alicyclic amines) is 1. The predicted octanol–water partition coefficient (Wildman–Crippen LogP) is -4.06. The number of aliphatic hydroxyl groups excluding tert-OH is 2. The number of carboxylic acid groups (broad SMARTS) is 1. The molecule has 25 nitrogen and oxygen atoms in total. The van der Waals surface area contributed by atoms with Crippen LogP contribution in [-0.4, -0.2) is 170 Å². The van der Waals surface area contributed by atoms with Crippen molar-refractivity contribution in [1.82, 2.24) is 42.1 Å². The number of nitrogens with two attached hydrogens (primary N) is 3. The Morgan fingerprint density at radius 2 is 1.03 bits per heavy atom. The van der Waals surface area contributed by atoms with Crippen LogP contribution in [0.5, 0.6) is 0 Å². The van der Waals surface area contributed by atoms with Gasteiger partial charge in [-0.25, -0.2) is 4.79 Å². The number of nitrogens with zero attached hydrogens (tertiary/aromatic N) is 1. The SMILES string of the molecule is CSCC[C@H](N)C(=O)N[C@@H](CCC(N)=O)C(=O)N[C@@H](C)C(=O)N[C@@H](CC(C)C)C(=O)N[C@@H](CCC(N)=O)C(=O)N[C@H](C(=O)N1CCC[C@H]1C(=O)N[C@@H](CC(C)C)C(=O)N[C@H](C(=O)O)[C@@H](C)O)[C@@H](C)O. The first-order valence-electron chi connectivity index (χ1n) is 22.9. The summed E-state index contributed by atoms with van der Waals surface area (Å²) in [5, 5.41) is 47.3. The van der Waals surface area contributed by atoms with Gasteiger partial charge in [0, 0.05) is 19.4 Å². The number of amides is 10. The topological polar surface area (TPSA) is 414 Å². The number of thioether (sulfide) groups is 1. The number of carbonyl (C=O) groups is 11. The van der Waals surface area contributed by atoms with Crippen molar-refractivity contribution in [3.63, 3.8) is 0 Å². The molecule has 1 rings (SSSR count). The van der Waals surface area contributed by atoms with Gasteiger partial charge in [0.1, 0.15) is 42.3 Å². The number of aliphatic hydroxyl groups is 2. The standard InChI is InChI=1S/C43H75N11O14S/c1-20(2)18-28(50-35(59)22(5)47-37(61)26(11-13-31(45)57)48-36(60)25(44)15-17-69-8)39(63)49-27(12-14-32(46)58)38(62)52-33(23(6)55)42(66)54-16-9-10-30(54)41(65)51-29(19-21(3)4)40(64)53-34(24(7)56)43(67)68/h20-30,33-34,55-56H,9-19,44H2,1-8H3,(H2,45,57)(H2,46,58)(H,47,61)(H,48,60)(H,49,63)(H,50,59)(H,51,65)(H,52,62)(H,53,64)(H,67,68)/t22-,23+,24+,25-,26-,27-,28-,29-,30-,33-,34-/m0/s1. The number of hydrogen-bond donors (Lipinski definition) is 13. The molecule has 16 N–H and O–H groups in total. The lowest BCUT2D eigenvalue weighted by atomic mass is 10.0. The van der Waals surface area contributed by atoms with Crippen molar-refractivity contribution in [3.8, 4) is 0 Å². The molecular weight excluding hydrogens is 927 g/mol. The average Bonchev–Trinajstić information content (AvgIpc) is 3.75. The van der Waals surface area contributed by atoms with Gasteiger partial charge in [-0.3, -0.25) is 47.9 Å².